The summed E-state index contributed by atoms with van der Waals surface area (Å²) in [7, 11) is -5.17. The predicted molar refractivity (Wildman–Crippen MR) is 56.5 cm³/mol. The maximum absolute atomic E-state index is 8.52. The van der Waals surface area contributed by atoms with Gasteiger partial charge < -0.3 is 19.7 Å². The summed E-state index contributed by atoms with van der Waals surface area (Å²) < 4.78 is 34.1. The van der Waals surface area contributed by atoms with Gasteiger partial charge in [-0.05, 0) is 27.7 Å². The minimum Gasteiger partial charge on any atom is -0.759 e. The smallest absolute Gasteiger partial charge is 0.0726 e. The van der Waals surface area contributed by atoms with Crippen molar-refractivity contribution >= 4 is 10.4 Å². The molecule has 0 unspecified atom stereocenters. The SMILES string of the molecule is CC[NH2+]CC.CC[NH2+]CC.O=S(=O)([O-])[O-]. The molecule has 0 aliphatic carbocycles. The van der Waals surface area contributed by atoms with Crippen LogP contribution in [0.3, 0.4) is 0 Å². The Labute approximate surface area is 93.0 Å². The zero-order valence-electron chi connectivity index (χ0n) is 10.0. The molecule has 15 heavy (non-hydrogen) atoms. The van der Waals surface area contributed by atoms with Crippen LogP contribution in [0.2, 0.25) is 0 Å². The van der Waals surface area contributed by atoms with Crippen LogP contribution in [0.15, 0.2) is 0 Å². The number of quaternary nitrogens is 2. The second-order valence-corrected chi connectivity index (χ2v) is 3.44. The fourth-order valence-electron chi connectivity index (χ4n) is 0.577. The molecule has 0 aliphatic rings. The Morgan fingerprint density at radius 2 is 0.933 bits per heavy atom. The van der Waals surface area contributed by atoms with E-state index in [0.29, 0.717) is 0 Å². The Morgan fingerprint density at radius 3 is 0.933 bits per heavy atom. The second kappa shape index (κ2) is 16.2. The Morgan fingerprint density at radius 1 is 0.800 bits per heavy atom. The molecule has 0 rings (SSSR count). The molecule has 7 heteroatoms. The van der Waals surface area contributed by atoms with Crippen molar-refractivity contribution in [2.45, 2.75) is 27.7 Å². The standard InChI is InChI=1S/2C4H11N.H2O4S/c2*1-3-5-4-2;1-5(2,3)4/h2*5H,3-4H2,1-2H3;(H2,1,2,3,4). The van der Waals surface area contributed by atoms with Gasteiger partial charge in [0, 0.05) is 10.4 Å². The lowest BCUT2D eigenvalue weighted by molar-refractivity contribution is -0.648. The fraction of sp³-hybridized carbons (Fsp3) is 1.00. The highest BCUT2D eigenvalue weighted by atomic mass is 32.3. The maximum atomic E-state index is 8.52. The monoisotopic (exact) mass is 244 g/mol. The van der Waals surface area contributed by atoms with Crippen LogP contribution in [0.4, 0.5) is 0 Å². The molecule has 0 bridgehead atoms. The number of rotatable bonds is 4. The van der Waals surface area contributed by atoms with E-state index >= 15 is 0 Å². The highest BCUT2D eigenvalue weighted by Gasteiger charge is 1.67. The molecule has 0 aromatic heterocycles. The van der Waals surface area contributed by atoms with Crippen LogP contribution in [0.5, 0.6) is 0 Å². The first-order valence-corrected chi connectivity index (χ1v) is 6.46. The quantitative estimate of drug-likeness (QED) is 0.433. The molecule has 6 nitrogen and oxygen atoms in total. The number of nitrogens with two attached hydrogens (primary N) is 2. The van der Waals surface area contributed by atoms with Crippen molar-refractivity contribution in [2.75, 3.05) is 26.2 Å². The molecule has 0 aromatic carbocycles. The van der Waals surface area contributed by atoms with Gasteiger partial charge in [0.05, 0.1) is 26.2 Å². The minimum absolute atomic E-state index is 1.22. The third-order valence-electron chi connectivity index (χ3n) is 1.15. The van der Waals surface area contributed by atoms with Crippen molar-refractivity contribution in [1.29, 1.82) is 0 Å². The molecule has 0 heterocycles. The molecule has 0 saturated carbocycles. The fourth-order valence-corrected chi connectivity index (χ4v) is 0.577. The highest BCUT2D eigenvalue weighted by Crippen LogP contribution is 1.57. The molecule has 0 aromatic rings. The average Bonchev–Trinajstić information content (AvgIpc) is 2.05. The van der Waals surface area contributed by atoms with Crippen LogP contribution in [0.1, 0.15) is 27.7 Å². The van der Waals surface area contributed by atoms with Crippen LogP contribution in [-0.2, 0) is 10.4 Å². The number of hydrogen-bond acceptors (Lipinski definition) is 4. The Kier molecular flexibility index (Phi) is 21.9. The van der Waals surface area contributed by atoms with Crippen molar-refractivity contribution in [3.63, 3.8) is 0 Å². The lowest BCUT2D eigenvalue weighted by atomic mass is 10.7. The molecule has 0 atom stereocenters. The van der Waals surface area contributed by atoms with Crippen LogP contribution < -0.4 is 10.6 Å². The topological polar surface area (TPSA) is 113 Å². The molecule has 0 aliphatic heterocycles. The molecule has 0 radical (unpaired) electrons. The molecular formula is C8H24N2O4S. The molecular weight excluding hydrogens is 220 g/mol. The van der Waals surface area contributed by atoms with E-state index in [1.165, 1.54) is 26.2 Å². The Hall–Kier alpha value is -0.210. The summed E-state index contributed by atoms with van der Waals surface area (Å²) in [6, 6.07) is 0. The predicted octanol–water partition coefficient (Wildman–Crippen LogP) is -2.16. The van der Waals surface area contributed by atoms with Crippen molar-refractivity contribution in [3.8, 4) is 0 Å². The first kappa shape index (κ1) is 20.2. The zero-order chi connectivity index (χ0) is 12.7. The van der Waals surface area contributed by atoms with Crippen LogP contribution in [0.25, 0.3) is 0 Å². The zero-order valence-corrected chi connectivity index (χ0v) is 10.8. The lowest BCUT2D eigenvalue weighted by Gasteiger charge is -2.06. The lowest BCUT2D eigenvalue weighted by Crippen LogP contribution is -2.82. The van der Waals surface area contributed by atoms with E-state index < -0.39 is 10.4 Å². The van der Waals surface area contributed by atoms with Gasteiger partial charge in [-0.15, -0.1) is 0 Å². The third kappa shape index (κ3) is 133. The van der Waals surface area contributed by atoms with Crippen LogP contribution in [-0.4, -0.2) is 43.7 Å². The largest absolute Gasteiger partial charge is 0.759 e. The van der Waals surface area contributed by atoms with Gasteiger partial charge in [-0.25, -0.2) is 0 Å². The van der Waals surface area contributed by atoms with Crippen LogP contribution in [0, 0.1) is 0 Å². The summed E-state index contributed by atoms with van der Waals surface area (Å²) in [4.78, 5) is 0. The summed E-state index contributed by atoms with van der Waals surface area (Å²) in [5.74, 6) is 0. The van der Waals surface area contributed by atoms with Crippen molar-refractivity contribution in [3.05, 3.63) is 0 Å². The summed E-state index contributed by atoms with van der Waals surface area (Å²) in [5.41, 5.74) is 0. The highest BCUT2D eigenvalue weighted by molar-refractivity contribution is 7.79. The second-order valence-electron chi connectivity index (χ2n) is 2.62. The summed E-state index contributed by atoms with van der Waals surface area (Å²) in [6.45, 7) is 13.5. The summed E-state index contributed by atoms with van der Waals surface area (Å²) in [6.07, 6.45) is 0. The van der Waals surface area contributed by atoms with Gasteiger partial charge >= 0.3 is 0 Å². The van der Waals surface area contributed by atoms with Gasteiger partial charge in [0.15, 0.2) is 0 Å². The van der Waals surface area contributed by atoms with Crippen molar-refractivity contribution in [1.82, 2.24) is 0 Å². The Balaban J connectivity index is -0.000000144. The molecule has 0 spiro atoms. The third-order valence-corrected chi connectivity index (χ3v) is 1.15. The normalized spacial score (nSPS) is 9.47. The van der Waals surface area contributed by atoms with E-state index in [1.54, 1.807) is 0 Å². The minimum atomic E-state index is -5.17. The van der Waals surface area contributed by atoms with Gasteiger partial charge in [0.2, 0.25) is 0 Å². The summed E-state index contributed by atoms with van der Waals surface area (Å²) >= 11 is 0. The van der Waals surface area contributed by atoms with Crippen LogP contribution >= 0.6 is 0 Å². The molecule has 96 valence electrons. The Bertz CT molecular complexity index is 165. The molecule has 0 saturated heterocycles. The van der Waals surface area contributed by atoms with Gasteiger partial charge in [-0.1, -0.05) is 0 Å². The van der Waals surface area contributed by atoms with E-state index in [2.05, 4.69) is 38.3 Å². The van der Waals surface area contributed by atoms with Gasteiger partial charge in [0.1, 0.15) is 0 Å². The van der Waals surface area contributed by atoms with E-state index in [4.69, 9.17) is 17.5 Å². The van der Waals surface area contributed by atoms with E-state index in [-0.39, 0.29) is 0 Å². The maximum Gasteiger partial charge on any atom is 0.0726 e. The molecule has 0 amide bonds. The van der Waals surface area contributed by atoms with Gasteiger partial charge in [0.25, 0.3) is 0 Å². The average molecular weight is 244 g/mol. The van der Waals surface area contributed by atoms with Crippen molar-refractivity contribution in [2.24, 2.45) is 0 Å². The number of hydrogen-bond donors (Lipinski definition) is 2. The molecule has 0 fully saturated rings. The first-order chi connectivity index (χ1) is 6.83. The van der Waals surface area contributed by atoms with Crippen molar-refractivity contribution < 1.29 is 28.2 Å². The molecule has 4 N–H and O–H groups in total. The van der Waals surface area contributed by atoms with Gasteiger partial charge in [-0.2, -0.15) is 0 Å². The summed E-state index contributed by atoms with van der Waals surface area (Å²) in [5, 5.41) is 4.50. The first-order valence-electron chi connectivity index (χ1n) is 5.13. The van der Waals surface area contributed by atoms with Gasteiger partial charge in [-0.3, -0.25) is 8.42 Å². The van der Waals surface area contributed by atoms with E-state index in [1.807, 2.05) is 0 Å². The van der Waals surface area contributed by atoms with E-state index in [0.717, 1.165) is 0 Å². The van der Waals surface area contributed by atoms with E-state index in [9.17, 15) is 0 Å².